The van der Waals surface area contributed by atoms with Crippen molar-refractivity contribution in [3.05, 3.63) is 119 Å². The van der Waals surface area contributed by atoms with Crippen LogP contribution in [0, 0.1) is 0 Å². The van der Waals surface area contributed by atoms with E-state index in [-0.39, 0.29) is 15.7 Å². The van der Waals surface area contributed by atoms with Gasteiger partial charge in [0.15, 0.2) is 0 Å². The van der Waals surface area contributed by atoms with Crippen LogP contribution in [-0.4, -0.2) is 30.8 Å². The number of carbonyl (C=O) groups is 1. The zero-order valence-electron chi connectivity index (χ0n) is 16.5. The number of hydrogen-bond donors (Lipinski definition) is 2. The minimum atomic E-state index is -1.59. The SMILES string of the molecule is O=C(O)c1nn(-c2cc(Cl)c(C(c3ccc(Cl)cc3)c3cccnc3)c(Cl)c2)c(=O)[nH]c1=O. The Balaban J connectivity index is 1.91. The van der Waals surface area contributed by atoms with Crippen molar-refractivity contribution in [2.75, 3.05) is 0 Å². The van der Waals surface area contributed by atoms with Crippen molar-refractivity contribution >= 4 is 40.8 Å². The third kappa shape index (κ3) is 4.54. The van der Waals surface area contributed by atoms with Gasteiger partial charge in [0.05, 0.1) is 5.69 Å². The van der Waals surface area contributed by atoms with Gasteiger partial charge in [0, 0.05) is 38.9 Å². The number of carboxylic acids is 1. The molecule has 1 atom stereocenters. The van der Waals surface area contributed by atoms with Gasteiger partial charge in [-0.3, -0.25) is 14.8 Å². The van der Waals surface area contributed by atoms with E-state index in [0.717, 1.165) is 11.1 Å². The molecule has 0 aliphatic rings. The number of benzene rings is 2. The molecule has 11 heteroatoms. The monoisotopic (exact) mass is 502 g/mol. The molecule has 8 nitrogen and oxygen atoms in total. The molecule has 1 unspecified atom stereocenters. The van der Waals surface area contributed by atoms with Gasteiger partial charge in [0.25, 0.3) is 5.56 Å². The van der Waals surface area contributed by atoms with Gasteiger partial charge in [-0.25, -0.2) is 9.59 Å². The Morgan fingerprint density at radius 2 is 1.67 bits per heavy atom. The Hall–Kier alpha value is -3.46. The highest BCUT2D eigenvalue weighted by atomic mass is 35.5. The summed E-state index contributed by atoms with van der Waals surface area (Å²) in [4.78, 5) is 41.4. The summed E-state index contributed by atoms with van der Waals surface area (Å²) in [6.07, 6.45) is 3.33. The maximum atomic E-state index is 12.3. The van der Waals surface area contributed by atoms with Crippen LogP contribution in [0.4, 0.5) is 0 Å². The van der Waals surface area contributed by atoms with Crippen LogP contribution in [0.2, 0.25) is 15.1 Å². The number of pyridine rings is 1. The summed E-state index contributed by atoms with van der Waals surface area (Å²) >= 11 is 19.3. The van der Waals surface area contributed by atoms with Gasteiger partial charge in [-0.15, -0.1) is 0 Å². The van der Waals surface area contributed by atoms with Crippen LogP contribution >= 0.6 is 34.8 Å². The second-order valence-corrected chi connectivity index (χ2v) is 8.17. The average molecular weight is 504 g/mol. The molecular weight excluding hydrogens is 491 g/mol. The Bertz CT molecular complexity index is 1440. The minimum Gasteiger partial charge on any atom is -0.476 e. The normalized spacial score (nSPS) is 11.8. The number of nitrogens with one attached hydrogen (secondary N) is 1. The molecule has 0 saturated carbocycles. The van der Waals surface area contributed by atoms with Crippen molar-refractivity contribution in [3.63, 3.8) is 0 Å². The van der Waals surface area contributed by atoms with Crippen LogP contribution in [0.25, 0.3) is 5.69 Å². The van der Waals surface area contributed by atoms with Crippen LogP contribution in [0.5, 0.6) is 0 Å². The van der Waals surface area contributed by atoms with Crippen molar-refractivity contribution in [2.45, 2.75) is 5.92 Å². The topological polar surface area (TPSA) is 118 Å². The highest BCUT2D eigenvalue weighted by molar-refractivity contribution is 6.36. The molecule has 33 heavy (non-hydrogen) atoms. The second kappa shape index (κ2) is 9.19. The molecular formula is C22H13Cl3N4O4. The smallest absolute Gasteiger partial charge is 0.362 e. The molecule has 0 saturated heterocycles. The van der Waals surface area contributed by atoms with Crippen LogP contribution in [0.1, 0.15) is 33.1 Å². The standard InChI is InChI=1S/C22H13Cl3N4O4/c23-13-5-3-11(4-6-13)17(12-2-1-7-26-10-12)18-15(24)8-14(9-16(18)25)29-22(33)27-20(30)19(28-29)21(31)32/h1-10,17H,(H,31,32)(H,27,30,33). The Kier molecular flexibility index (Phi) is 6.33. The number of aromatic carboxylic acids is 1. The summed E-state index contributed by atoms with van der Waals surface area (Å²) in [5.41, 5.74) is -0.629. The lowest BCUT2D eigenvalue weighted by atomic mass is 9.85. The van der Waals surface area contributed by atoms with Gasteiger partial charge in [-0.1, -0.05) is 53.0 Å². The predicted octanol–water partition coefficient (Wildman–Crippen LogP) is 4.15. The van der Waals surface area contributed by atoms with E-state index >= 15 is 0 Å². The van der Waals surface area contributed by atoms with E-state index in [4.69, 9.17) is 39.9 Å². The zero-order valence-corrected chi connectivity index (χ0v) is 18.8. The molecule has 166 valence electrons. The van der Waals surface area contributed by atoms with Crippen molar-refractivity contribution in [2.24, 2.45) is 0 Å². The summed E-state index contributed by atoms with van der Waals surface area (Å²) in [5, 5.41) is 13.8. The Labute approximate surface area is 201 Å². The maximum Gasteiger partial charge on any atom is 0.362 e. The summed E-state index contributed by atoms with van der Waals surface area (Å²) in [7, 11) is 0. The Morgan fingerprint density at radius 1 is 1.00 bits per heavy atom. The average Bonchev–Trinajstić information content (AvgIpc) is 2.77. The third-order valence-corrected chi connectivity index (χ3v) is 5.73. The fraction of sp³-hybridized carbons (Fsp3) is 0.0455. The molecule has 0 fully saturated rings. The first-order chi connectivity index (χ1) is 15.8. The number of aromatic amines is 1. The molecule has 0 amide bonds. The fourth-order valence-electron chi connectivity index (χ4n) is 3.41. The van der Waals surface area contributed by atoms with E-state index in [1.54, 1.807) is 30.6 Å². The number of rotatable bonds is 5. The summed E-state index contributed by atoms with van der Waals surface area (Å²) in [6, 6.07) is 13.7. The molecule has 2 aromatic heterocycles. The van der Waals surface area contributed by atoms with Crippen molar-refractivity contribution in [3.8, 4) is 5.69 Å². The van der Waals surface area contributed by atoms with Gasteiger partial charge in [0.2, 0.25) is 5.69 Å². The number of aromatic nitrogens is 4. The number of H-pyrrole nitrogens is 1. The molecule has 4 aromatic rings. The van der Waals surface area contributed by atoms with Gasteiger partial charge < -0.3 is 5.11 Å². The molecule has 0 spiro atoms. The molecule has 4 rings (SSSR count). The van der Waals surface area contributed by atoms with Gasteiger partial charge in [-0.05, 0) is 41.5 Å². The number of hydrogen-bond acceptors (Lipinski definition) is 5. The van der Waals surface area contributed by atoms with Crippen molar-refractivity contribution in [1.82, 2.24) is 19.7 Å². The third-order valence-electron chi connectivity index (χ3n) is 4.85. The van der Waals surface area contributed by atoms with E-state index in [0.29, 0.717) is 15.3 Å². The molecule has 2 heterocycles. The lowest BCUT2D eigenvalue weighted by Crippen LogP contribution is -2.35. The lowest BCUT2D eigenvalue weighted by Gasteiger charge is -2.22. The molecule has 0 radical (unpaired) electrons. The zero-order chi connectivity index (χ0) is 23.7. The molecule has 0 aliphatic heterocycles. The summed E-state index contributed by atoms with van der Waals surface area (Å²) in [6.45, 7) is 0. The van der Waals surface area contributed by atoms with Crippen LogP contribution in [0.3, 0.4) is 0 Å². The number of nitrogens with zero attached hydrogens (tertiary/aromatic N) is 3. The van der Waals surface area contributed by atoms with Gasteiger partial charge in [-0.2, -0.15) is 9.78 Å². The number of carboxylic acid groups (broad SMARTS) is 1. The highest BCUT2D eigenvalue weighted by Gasteiger charge is 2.24. The first-order valence-electron chi connectivity index (χ1n) is 9.38. The highest BCUT2D eigenvalue weighted by Crippen LogP contribution is 2.41. The molecule has 0 aliphatic carbocycles. The Morgan fingerprint density at radius 3 is 2.24 bits per heavy atom. The van der Waals surface area contributed by atoms with E-state index in [1.165, 1.54) is 12.1 Å². The molecule has 2 aromatic carbocycles. The molecule has 0 bridgehead atoms. The second-order valence-electron chi connectivity index (χ2n) is 6.92. The number of halogens is 3. The fourth-order valence-corrected chi connectivity index (χ4v) is 4.23. The van der Waals surface area contributed by atoms with E-state index in [1.807, 2.05) is 23.2 Å². The van der Waals surface area contributed by atoms with Gasteiger partial charge in [0.1, 0.15) is 0 Å². The quantitative estimate of drug-likeness (QED) is 0.422. The molecule has 2 N–H and O–H groups in total. The van der Waals surface area contributed by atoms with Crippen LogP contribution < -0.4 is 11.2 Å². The minimum absolute atomic E-state index is 0.0820. The van der Waals surface area contributed by atoms with E-state index < -0.39 is 28.8 Å². The van der Waals surface area contributed by atoms with Gasteiger partial charge >= 0.3 is 11.7 Å². The summed E-state index contributed by atoms with van der Waals surface area (Å²) < 4.78 is 0.716. The predicted molar refractivity (Wildman–Crippen MR) is 124 cm³/mol. The largest absolute Gasteiger partial charge is 0.476 e. The van der Waals surface area contributed by atoms with E-state index in [9.17, 15) is 14.4 Å². The summed E-state index contributed by atoms with van der Waals surface area (Å²) in [5.74, 6) is -2.00. The van der Waals surface area contributed by atoms with Crippen LogP contribution in [-0.2, 0) is 0 Å². The lowest BCUT2D eigenvalue weighted by molar-refractivity contribution is 0.0685. The maximum absolute atomic E-state index is 12.3. The van der Waals surface area contributed by atoms with Crippen molar-refractivity contribution < 1.29 is 9.90 Å². The first kappa shape index (κ1) is 22.7. The van der Waals surface area contributed by atoms with Crippen molar-refractivity contribution in [1.29, 1.82) is 0 Å². The van der Waals surface area contributed by atoms with Crippen LogP contribution in [0.15, 0.2) is 70.5 Å². The first-order valence-corrected chi connectivity index (χ1v) is 10.5. The van der Waals surface area contributed by atoms with E-state index in [2.05, 4.69) is 10.1 Å².